The zero-order valence-corrected chi connectivity index (χ0v) is 15.2. The highest BCUT2D eigenvalue weighted by Crippen LogP contribution is 2.21. The third-order valence-corrected chi connectivity index (χ3v) is 5.41. The van der Waals surface area contributed by atoms with Gasteiger partial charge in [-0.1, -0.05) is 12.1 Å². The molecule has 0 aliphatic carbocycles. The van der Waals surface area contributed by atoms with Crippen molar-refractivity contribution >= 4 is 33.4 Å². The molecular weight excluding hydrogens is 348 g/mol. The maximum Gasteiger partial charge on any atom is 0.234 e. The molecule has 1 aliphatic rings. The molecule has 1 aliphatic heterocycles. The monoisotopic (exact) mass is 368 g/mol. The topological polar surface area (TPSA) is 74.2 Å². The molecule has 3 aromatic rings. The lowest BCUT2D eigenvalue weighted by atomic mass is 10.2. The van der Waals surface area contributed by atoms with Crippen molar-refractivity contribution in [2.75, 3.05) is 37.6 Å². The van der Waals surface area contributed by atoms with Gasteiger partial charge in [-0.3, -0.25) is 9.69 Å². The van der Waals surface area contributed by atoms with Crippen LogP contribution in [0.3, 0.4) is 0 Å². The number of amides is 1. The number of benzene rings is 1. The summed E-state index contributed by atoms with van der Waals surface area (Å²) in [6, 6.07) is 7.83. The predicted octanol–water partition coefficient (Wildman–Crippen LogP) is 1.52. The molecule has 4 rings (SSSR count). The summed E-state index contributed by atoms with van der Waals surface area (Å²) in [6.07, 6.45) is 3.51. The fraction of sp³-hybridized carbons (Fsp3) is 0.333. The van der Waals surface area contributed by atoms with Gasteiger partial charge in [0.25, 0.3) is 0 Å². The number of hydrogen-bond donors (Lipinski definition) is 1. The van der Waals surface area contributed by atoms with E-state index in [1.165, 1.54) is 0 Å². The van der Waals surface area contributed by atoms with E-state index in [0.717, 1.165) is 47.9 Å². The first kappa shape index (κ1) is 16.9. The lowest BCUT2D eigenvalue weighted by Crippen LogP contribution is -2.49. The number of hydrogen-bond acceptors (Lipinski definition) is 7. The Morgan fingerprint density at radius 3 is 2.69 bits per heavy atom. The van der Waals surface area contributed by atoms with Crippen LogP contribution < -0.4 is 10.2 Å². The second kappa shape index (κ2) is 7.76. The van der Waals surface area contributed by atoms with Crippen molar-refractivity contribution in [2.45, 2.75) is 6.54 Å². The Balaban J connectivity index is 1.26. The number of anilines is 1. The number of carbonyl (C=O) groups excluding carboxylic acids is 1. The minimum atomic E-state index is 0.0518. The van der Waals surface area contributed by atoms with E-state index in [1.54, 1.807) is 23.7 Å². The highest BCUT2D eigenvalue weighted by atomic mass is 32.1. The van der Waals surface area contributed by atoms with Crippen LogP contribution in [0.5, 0.6) is 0 Å². The van der Waals surface area contributed by atoms with E-state index in [2.05, 4.69) is 30.1 Å². The maximum absolute atomic E-state index is 12.3. The normalized spacial score (nSPS) is 15.3. The van der Waals surface area contributed by atoms with Crippen molar-refractivity contribution in [3.8, 4) is 0 Å². The molecule has 8 heteroatoms. The van der Waals surface area contributed by atoms with Crippen molar-refractivity contribution in [1.29, 1.82) is 0 Å². The minimum absolute atomic E-state index is 0.0518. The Kier molecular flexibility index (Phi) is 5.03. The lowest BCUT2D eigenvalue weighted by molar-refractivity contribution is -0.122. The molecule has 0 unspecified atom stereocenters. The number of thiazole rings is 1. The summed E-state index contributed by atoms with van der Waals surface area (Å²) in [5.41, 5.74) is 3.94. The predicted molar refractivity (Wildman–Crippen MR) is 102 cm³/mol. The third-order valence-electron chi connectivity index (χ3n) is 4.49. The van der Waals surface area contributed by atoms with E-state index in [4.69, 9.17) is 0 Å². The van der Waals surface area contributed by atoms with Crippen LogP contribution in [0.2, 0.25) is 0 Å². The first-order valence-corrected chi connectivity index (χ1v) is 9.50. The smallest absolute Gasteiger partial charge is 0.234 e. The molecule has 1 aromatic carbocycles. The quantitative estimate of drug-likeness (QED) is 0.736. The summed E-state index contributed by atoms with van der Waals surface area (Å²) < 4.78 is 1.14. The Bertz CT molecular complexity index is 876. The fourth-order valence-electron chi connectivity index (χ4n) is 3.10. The van der Waals surface area contributed by atoms with E-state index >= 15 is 0 Å². The zero-order chi connectivity index (χ0) is 17.8. The molecule has 0 atom stereocenters. The summed E-state index contributed by atoms with van der Waals surface area (Å²) in [5.74, 6) is 0.810. The molecule has 1 N–H and O–H groups in total. The molecule has 0 radical (unpaired) electrons. The Morgan fingerprint density at radius 2 is 1.88 bits per heavy atom. The van der Waals surface area contributed by atoms with Crippen LogP contribution in [-0.4, -0.2) is 58.5 Å². The highest BCUT2D eigenvalue weighted by Gasteiger charge is 2.20. The zero-order valence-electron chi connectivity index (χ0n) is 14.3. The van der Waals surface area contributed by atoms with Gasteiger partial charge in [0.05, 0.1) is 22.3 Å². The van der Waals surface area contributed by atoms with E-state index in [1.807, 2.05) is 29.8 Å². The molecule has 1 fully saturated rings. The Hall–Kier alpha value is -2.58. The van der Waals surface area contributed by atoms with Crippen LogP contribution in [0.15, 0.2) is 42.2 Å². The van der Waals surface area contributed by atoms with E-state index in [0.29, 0.717) is 13.1 Å². The molecule has 1 amide bonds. The number of piperazine rings is 1. The van der Waals surface area contributed by atoms with E-state index in [-0.39, 0.29) is 5.91 Å². The molecule has 26 heavy (non-hydrogen) atoms. The summed E-state index contributed by atoms with van der Waals surface area (Å²) >= 11 is 1.61. The molecule has 0 bridgehead atoms. The molecule has 0 spiro atoms. The highest BCUT2D eigenvalue weighted by molar-refractivity contribution is 7.16. The van der Waals surface area contributed by atoms with Crippen LogP contribution in [0.4, 0.5) is 5.95 Å². The molecule has 0 saturated carbocycles. The van der Waals surface area contributed by atoms with Gasteiger partial charge in [-0.05, 0) is 17.7 Å². The second-order valence-corrected chi connectivity index (χ2v) is 7.06. The number of carbonyl (C=O) groups is 1. The summed E-state index contributed by atoms with van der Waals surface area (Å²) in [7, 11) is 0. The van der Waals surface area contributed by atoms with Crippen molar-refractivity contribution < 1.29 is 4.79 Å². The standard InChI is InChI=1S/C18H20N6OS/c25-16(21-11-14-3-1-4-15-17(14)26-13-22-15)12-23-7-9-24(10-8-23)18-19-5-2-6-20-18/h1-6,13H,7-12H2,(H,21,25). The molecular formula is C18H20N6OS. The van der Waals surface area contributed by atoms with Gasteiger partial charge in [0.15, 0.2) is 0 Å². The third kappa shape index (κ3) is 3.81. The van der Waals surface area contributed by atoms with Crippen molar-refractivity contribution in [3.63, 3.8) is 0 Å². The van der Waals surface area contributed by atoms with Crippen LogP contribution in [0.25, 0.3) is 10.2 Å². The van der Waals surface area contributed by atoms with Gasteiger partial charge < -0.3 is 10.2 Å². The molecule has 134 valence electrons. The maximum atomic E-state index is 12.3. The van der Waals surface area contributed by atoms with Gasteiger partial charge in [-0.2, -0.15) is 0 Å². The number of aromatic nitrogens is 3. The number of fused-ring (bicyclic) bond motifs is 1. The number of nitrogens with one attached hydrogen (secondary N) is 1. The van der Waals surface area contributed by atoms with Crippen LogP contribution in [0, 0.1) is 0 Å². The molecule has 7 nitrogen and oxygen atoms in total. The Morgan fingerprint density at radius 1 is 1.08 bits per heavy atom. The molecule has 1 saturated heterocycles. The Labute approximate surface area is 155 Å². The van der Waals surface area contributed by atoms with Crippen LogP contribution >= 0.6 is 11.3 Å². The summed E-state index contributed by atoms with van der Waals surface area (Å²) in [6.45, 7) is 4.28. The number of nitrogens with zero attached hydrogens (tertiary/aromatic N) is 5. The van der Waals surface area contributed by atoms with E-state index < -0.39 is 0 Å². The first-order valence-electron chi connectivity index (χ1n) is 8.62. The van der Waals surface area contributed by atoms with E-state index in [9.17, 15) is 4.79 Å². The largest absolute Gasteiger partial charge is 0.351 e. The van der Waals surface area contributed by atoms with Gasteiger partial charge in [0.1, 0.15) is 0 Å². The van der Waals surface area contributed by atoms with Gasteiger partial charge >= 0.3 is 0 Å². The second-order valence-electron chi connectivity index (χ2n) is 6.21. The van der Waals surface area contributed by atoms with Gasteiger partial charge in [0, 0.05) is 45.1 Å². The first-order chi connectivity index (χ1) is 12.8. The SMILES string of the molecule is O=C(CN1CCN(c2ncccn2)CC1)NCc1cccc2ncsc12. The summed E-state index contributed by atoms with van der Waals surface area (Å²) in [5, 5.41) is 3.03. The molecule has 2 aromatic heterocycles. The van der Waals surface area contributed by atoms with Crippen molar-refractivity contribution in [1.82, 2.24) is 25.2 Å². The van der Waals surface area contributed by atoms with Gasteiger partial charge in [-0.25, -0.2) is 15.0 Å². The van der Waals surface area contributed by atoms with Crippen LogP contribution in [-0.2, 0) is 11.3 Å². The lowest BCUT2D eigenvalue weighted by Gasteiger charge is -2.34. The number of rotatable bonds is 5. The fourth-order valence-corrected chi connectivity index (χ4v) is 3.90. The average Bonchev–Trinajstić information content (AvgIpc) is 3.17. The van der Waals surface area contributed by atoms with Gasteiger partial charge in [-0.15, -0.1) is 11.3 Å². The van der Waals surface area contributed by atoms with Gasteiger partial charge in [0.2, 0.25) is 11.9 Å². The summed E-state index contributed by atoms with van der Waals surface area (Å²) in [4.78, 5) is 29.5. The average molecular weight is 368 g/mol. The minimum Gasteiger partial charge on any atom is -0.351 e. The van der Waals surface area contributed by atoms with Crippen LogP contribution in [0.1, 0.15) is 5.56 Å². The van der Waals surface area contributed by atoms with Crippen molar-refractivity contribution in [3.05, 3.63) is 47.7 Å². The van der Waals surface area contributed by atoms with Crippen molar-refractivity contribution in [2.24, 2.45) is 0 Å². The molecule has 3 heterocycles.